The molecule has 1 amide bonds. The smallest absolute Gasteiger partial charge is 0.237 e. The molecule has 5 aliphatic rings. The minimum Gasteiger partial charge on any atom is -0.336 e. The number of pyridine rings is 2. The molecule has 4 fully saturated rings. The van der Waals surface area contributed by atoms with Crippen LogP contribution in [0.2, 0.25) is 0 Å². The first-order valence-corrected chi connectivity index (χ1v) is 17.8. The van der Waals surface area contributed by atoms with Crippen LogP contribution in [0.25, 0.3) is 22.3 Å². The van der Waals surface area contributed by atoms with E-state index in [2.05, 4.69) is 56.7 Å². The number of hydrogen-bond acceptors (Lipinski definition) is 6. The van der Waals surface area contributed by atoms with Crippen molar-refractivity contribution in [3.63, 3.8) is 0 Å². The Morgan fingerprint density at radius 2 is 1.77 bits per heavy atom. The van der Waals surface area contributed by atoms with Crippen molar-refractivity contribution in [3.8, 4) is 11.3 Å². The lowest BCUT2D eigenvalue weighted by Crippen LogP contribution is -2.58. The summed E-state index contributed by atoms with van der Waals surface area (Å²) >= 11 is 0. The van der Waals surface area contributed by atoms with E-state index in [1.807, 2.05) is 12.4 Å². The first kappa shape index (κ1) is 29.3. The number of nitrogens with one attached hydrogen (secondary N) is 1. The largest absolute Gasteiger partial charge is 0.336 e. The zero-order valence-electron chi connectivity index (χ0n) is 27.5. The van der Waals surface area contributed by atoms with Gasteiger partial charge in [-0.15, -0.1) is 0 Å². The molecule has 5 heterocycles. The van der Waals surface area contributed by atoms with E-state index in [-0.39, 0.29) is 12.1 Å². The van der Waals surface area contributed by atoms with Gasteiger partial charge in [-0.1, -0.05) is 31.4 Å². The fourth-order valence-electron chi connectivity index (χ4n) is 9.66. The van der Waals surface area contributed by atoms with Crippen LogP contribution < -0.4 is 10.2 Å². The van der Waals surface area contributed by atoms with Gasteiger partial charge in [-0.25, -0.2) is 14.4 Å². The number of hydrogen-bond donors (Lipinski definition) is 1. The van der Waals surface area contributed by atoms with Gasteiger partial charge in [-0.05, 0) is 94.4 Å². The maximum atomic E-state index is 14.8. The van der Waals surface area contributed by atoms with E-state index in [9.17, 15) is 9.18 Å². The Balaban J connectivity index is 1.09. The Morgan fingerprint density at radius 3 is 2.51 bits per heavy atom. The van der Waals surface area contributed by atoms with Gasteiger partial charge in [0, 0.05) is 48.7 Å². The molecule has 9 heteroatoms. The first-order chi connectivity index (χ1) is 22.9. The molecule has 2 bridgehead atoms. The fourth-order valence-corrected chi connectivity index (χ4v) is 9.66. The first-order valence-electron chi connectivity index (χ1n) is 17.8. The molecule has 3 saturated carbocycles. The summed E-state index contributed by atoms with van der Waals surface area (Å²) in [4.78, 5) is 33.3. The van der Waals surface area contributed by atoms with E-state index in [0.717, 1.165) is 78.3 Å². The summed E-state index contributed by atoms with van der Waals surface area (Å²) < 4.78 is 16.8. The maximum Gasteiger partial charge on any atom is 0.237 e. The summed E-state index contributed by atoms with van der Waals surface area (Å²) in [5.74, 6) is 2.18. The molecule has 2 atom stereocenters. The van der Waals surface area contributed by atoms with Gasteiger partial charge in [0.25, 0.3) is 0 Å². The van der Waals surface area contributed by atoms with Crippen molar-refractivity contribution in [2.45, 2.75) is 102 Å². The van der Waals surface area contributed by atoms with Gasteiger partial charge in [-0.3, -0.25) is 14.7 Å². The summed E-state index contributed by atoms with van der Waals surface area (Å²) in [7, 11) is 0. The quantitative estimate of drug-likeness (QED) is 0.234. The van der Waals surface area contributed by atoms with Crippen molar-refractivity contribution in [2.24, 2.45) is 11.8 Å². The van der Waals surface area contributed by atoms with Crippen LogP contribution in [0.15, 0.2) is 49.1 Å². The molecular weight excluding hydrogens is 589 g/mol. The topological polar surface area (TPSA) is 79.2 Å². The number of rotatable bonds is 6. The van der Waals surface area contributed by atoms with Crippen molar-refractivity contribution in [2.75, 3.05) is 23.3 Å². The van der Waals surface area contributed by atoms with Crippen molar-refractivity contribution in [3.05, 3.63) is 60.4 Å². The number of fused-ring (bicyclic) bond motifs is 5. The van der Waals surface area contributed by atoms with Crippen LogP contribution in [0.4, 0.5) is 21.6 Å². The number of carbonyl (C=O) groups is 1. The Bertz CT molecular complexity index is 1840. The minimum absolute atomic E-state index is 0.146. The third kappa shape index (κ3) is 4.71. The van der Waals surface area contributed by atoms with E-state index in [1.54, 1.807) is 12.3 Å². The lowest BCUT2D eigenvalue weighted by molar-refractivity contribution is -0.125. The molecule has 1 spiro atoms. The normalized spacial score (nSPS) is 26.7. The molecule has 9 rings (SSSR count). The second-order valence-corrected chi connectivity index (χ2v) is 15.3. The molecule has 244 valence electrons. The van der Waals surface area contributed by atoms with Crippen LogP contribution in [0.1, 0.15) is 89.7 Å². The number of piperidine rings is 1. The molecule has 4 aromatic rings. The lowest BCUT2D eigenvalue weighted by atomic mass is 9.70. The lowest BCUT2D eigenvalue weighted by Gasteiger charge is -2.49. The van der Waals surface area contributed by atoms with Crippen LogP contribution >= 0.6 is 0 Å². The average Bonchev–Trinajstić information content (AvgIpc) is 3.71. The maximum absolute atomic E-state index is 14.8. The standard InChI is InChI=1S/C38H44FN7O/c1-23(2)45-22-41-33-18-32(43-36(35(33)45)42-31-10-13-40-19-30(31)39)26-8-9-29-34(15-26)46(37(47)38(29)11-4-3-5-12-38)28-16-27(17-28)44-20-24-6-7-25(14-24)21-44/h8-10,13,15,18-19,22-25,27-28H,3-7,11-12,14,16-17,20-21H2,1-2H3,(H,40,42,43). The molecule has 1 N–H and O–H groups in total. The van der Waals surface area contributed by atoms with Crippen LogP contribution in [0, 0.1) is 17.7 Å². The summed E-state index contributed by atoms with van der Waals surface area (Å²) in [5, 5.41) is 3.25. The molecule has 1 saturated heterocycles. The Labute approximate surface area is 275 Å². The monoisotopic (exact) mass is 633 g/mol. The number of amides is 1. The van der Waals surface area contributed by atoms with E-state index < -0.39 is 11.2 Å². The highest BCUT2D eigenvalue weighted by atomic mass is 19.1. The Hall–Kier alpha value is -3.85. The number of likely N-dealkylation sites (tertiary alicyclic amines) is 1. The Kier molecular flexibility index (Phi) is 6.93. The number of benzene rings is 1. The van der Waals surface area contributed by atoms with E-state index in [1.165, 1.54) is 50.5 Å². The van der Waals surface area contributed by atoms with Gasteiger partial charge in [-0.2, -0.15) is 0 Å². The van der Waals surface area contributed by atoms with Gasteiger partial charge in [0.15, 0.2) is 11.6 Å². The van der Waals surface area contributed by atoms with E-state index in [4.69, 9.17) is 9.97 Å². The van der Waals surface area contributed by atoms with Crippen LogP contribution in [-0.2, 0) is 10.2 Å². The summed E-state index contributed by atoms with van der Waals surface area (Å²) in [6.45, 7) is 6.68. The Morgan fingerprint density at radius 1 is 0.979 bits per heavy atom. The van der Waals surface area contributed by atoms with Gasteiger partial charge < -0.3 is 14.8 Å². The second-order valence-electron chi connectivity index (χ2n) is 15.3. The number of carbonyl (C=O) groups excluding carboxylic acids is 1. The third-order valence-corrected chi connectivity index (χ3v) is 12.1. The van der Waals surface area contributed by atoms with Gasteiger partial charge >= 0.3 is 0 Å². The third-order valence-electron chi connectivity index (χ3n) is 12.1. The molecular formula is C38H44FN7O. The highest BCUT2D eigenvalue weighted by Gasteiger charge is 2.55. The summed E-state index contributed by atoms with van der Waals surface area (Å²) in [6, 6.07) is 11.2. The van der Waals surface area contributed by atoms with E-state index in [0.29, 0.717) is 23.5 Å². The van der Waals surface area contributed by atoms with Crippen molar-refractivity contribution < 1.29 is 9.18 Å². The predicted octanol–water partition coefficient (Wildman–Crippen LogP) is 7.77. The average molecular weight is 634 g/mol. The number of aromatic nitrogens is 4. The minimum atomic E-state index is -0.441. The van der Waals surface area contributed by atoms with Crippen LogP contribution in [0.5, 0.6) is 0 Å². The zero-order chi connectivity index (χ0) is 31.9. The van der Waals surface area contributed by atoms with Crippen LogP contribution in [-0.4, -0.2) is 55.5 Å². The van der Waals surface area contributed by atoms with Gasteiger partial charge in [0.05, 0.1) is 34.8 Å². The molecule has 1 aromatic carbocycles. The summed E-state index contributed by atoms with van der Waals surface area (Å²) in [6.07, 6.45) is 16.2. The molecule has 0 radical (unpaired) electrons. The van der Waals surface area contributed by atoms with Gasteiger partial charge in [0.1, 0.15) is 5.52 Å². The molecule has 8 nitrogen and oxygen atoms in total. The SMILES string of the molecule is CC(C)n1cnc2cc(-c3ccc4c(c3)N(C3CC(N5CC6CCC(C6)C5)C3)C(=O)C43CCCCC3)nc(Nc3ccncc3F)c21. The van der Waals surface area contributed by atoms with Crippen molar-refractivity contribution in [1.29, 1.82) is 0 Å². The van der Waals surface area contributed by atoms with E-state index >= 15 is 0 Å². The molecule has 2 aliphatic heterocycles. The number of nitrogens with zero attached hydrogens (tertiary/aromatic N) is 6. The molecule has 2 unspecified atom stereocenters. The highest BCUT2D eigenvalue weighted by molar-refractivity contribution is 6.09. The summed E-state index contributed by atoms with van der Waals surface area (Å²) in [5.41, 5.74) is 5.49. The van der Waals surface area contributed by atoms with Gasteiger partial charge in [0.2, 0.25) is 5.91 Å². The number of imidazole rings is 1. The number of anilines is 3. The van der Waals surface area contributed by atoms with Crippen LogP contribution in [0.3, 0.4) is 0 Å². The zero-order valence-corrected chi connectivity index (χ0v) is 27.5. The van der Waals surface area contributed by atoms with Crippen molar-refractivity contribution >= 4 is 34.1 Å². The molecule has 3 aliphatic carbocycles. The fraction of sp³-hybridized carbons (Fsp3) is 0.526. The highest BCUT2D eigenvalue weighted by Crippen LogP contribution is 2.54. The predicted molar refractivity (Wildman–Crippen MR) is 182 cm³/mol. The molecule has 47 heavy (non-hydrogen) atoms. The molecule has 3 aromatic heterocycles. The second kappa shape index (κ2) is 11.1. The number of halogens is 1. The van der Waals surface area contributed by atoms with Crippen molar-refractivity contribution in [1.82, 2.24) is 24.4 Å².